The van der Waals surface area contributed by atoms with Gasteiger partial charge in [0.1, 0.15) is 5.82 Å². The maximum absolute atomic E-state index is 9.73. The van der Waals surface area contributed by atoms with E-state index in [1.54, 1.807) is 12.1 Å². The molecule has 0 fully saturated rings. The van der Waals surface area contributed by atoms with Crippen LogP contribution in [0.15, 0.2) is 42.5 Å². The third-order valence-electron chi connectivity index (χ3n) is 3.21. The van der Waals surface area contributed by atoms with Gasteiger partial charge < -0.3 is 20.9 Å². The number of ether oxygens (including phenoxy) is 1. The Bertz CT molecular complexity index is 575. The van der Waals surface area contributed by atoms with Gasteiger partial charge in [0.15, 0.2) is 0 Å². The molecule has 2 aromatic rings. The van der Waals surface area contributed by atoms with E-state index < -0.39 is 5.54 Å². The zero-order valence-electron chi connectivity index (χ0n) is 11.6. The predicted molar refractivity (Wildman–Crippen MR) is 79.7 cm³/mol. The standard InChI is InChI=1S/C15H19N3O2/c1-15(10-19,11-6-4-3-5-7-11)18-13-9-8-12(16)14(17-13)20-2/h3-9,19H,10,16H2,1-2H3,(H,17,18). The number of methoxy groups -OCH3 is 1. The molecule has 0 aliphatic heterocycles. The minimum Gasteiger partial charge on any atom is -0.479 e. The molecule has 0 amide bonds. The highest BCUT2D eigenvalue weighted by Crippen LogP contribution is 2.27. The maximum Gasteiger partial charge on any atom is 0.238 e. The smallest absolute Gasteiger partial charge is 0.238 e. The van der Waals surface area contributed by atoms with E-state index in [4.69, 9.17) is 10.5 Å². The van der Waals surface area contributed by atoms with Crippen LogP contribution in [-0.2, 0) is 5.54 Å². The molecule has 1 aromatic heterocycles. The molecule has 4 N–H and O–H groups in total. The lowest BCUT2D eigenvalue weighted by atomic mass is 9.93. The van der Waals surface area contributed by atoms with Crippen LogP contribution in [-0.4, -0.2) is 23.8 Å². The number of nitrogens with one attached hydrogen (secondary N) is 1. The Kier molecular flexibility index (Phi) is 4.10. The van der Waals surface area contributed by atoms with Crippen molar-refractivity contribution in [1.82, 2.24) is 4.98 Å². The molecule has 5 nitrogen and oxygen atoms in total. The van der Waals surface area contributed by atoms with E-state index in [1.807, 2.05) is 37.3 Å². The van der Waals surface area contributed by atoms with Crippen LogP contribution in [0.1, 0.15) is 12.5 Å². The molecule has 5 heteroatoms. The van der Waals surface area contributed by atoms with Crippen molar-refractivity contribution < 1.29 is 9.84 Å². The summed E-state index contributed by atoms with van der Waals surface area (Å²) in [4.78, 5) is 4.28. The van der Waals surface area contributed by atoms with Crippen molar-refractivity contribution in [2.75, 3.05) is 24.8 Å². The molecule has 0 saturated heterocycles. The Hall–Kier alpha value is -2.27. The van der Waals surface area contributed by atoms with E-state index >= 15 is 0 Å². The van der Waals surface area contributed by atoms with Gasteiger partial charge in [0, 0.05) is 0 Å². The Morgan fingerprint density at radius 3 is 2.55 bits per heavy atom. The molecule has 0 spiro atoms. The summed E-state index contributed by atoms with van der Waals surface area (Å²) in [6, 6.07) is 13.2. The monoisotopic (exact) mass is 273 g/mol. The second-order valence-corrected chi connectivity index (χ2v) is 4.78. The first kappa shape index (κ1) is 14.1. The summed E-state index contributed by atoms with van der Waals surface area (Å²) in [5.41, 5.74) is 6.56. The highest BCUT2D eigenvalue weighted by molar-refractivity contribution is 5.54. The Morgan fingerprint density at radius 2 is 1.95 bits per heavy atom. The zero-order chi connectivity index (χ0) is 14.6. The Morgan fingerprint density at radius 1 is 1.25 bits per heavy atom. The van der Waals surface area contributed by atoms with Gasteiger partial charge in [-0.2, -0.15) is 4.98 Å². The molecule has 106 valence electrons. The van der Waals surface area contributed by atoms with Crippen LogP contribution >= 0.6 is 0 Å². The van der Waals surface area contributed by atoms with Gasteiger partial charge in [-0.1, -0.05) is 30.3 Å². The van der Waals surface area contributed by atoms with Crippen LogP contribution in [0.3, 0.4) is 0 Å². The zero-order valence-corrected chi connectivity index (χ0v) is 11.6. The van der Waals surface area contributed by atoms with Crippen LogP contribution in [0.4, 0.5) is 11.5 Å². The number of pyridine rings is 1. The van der Waals surface area contributed by atoms with Crippen molar-refractivity contribution >= 4 is 11.5 Å². The molecule has 0 saturated carbocycles. The van der Waals surface area contributed by atoms with Crippen LogP contribution in [0.25, 0.3) is 0 Å². The van der Waals surface area contributed by atoms with Gasteiger partial charge in [0.25, 0.3) is 0 Å². The largest absolute Gasteiger partial charge is 0.479 e. The second-order valence-electron chi connectivity index (χ2n) is 4.78. The molecule has 0 aliphatic carbocycles. The number of rotatable bonds is 5. The second kappa shape index (κ2) is 5.79. The van der Waals surface area contributed by atoms with Gasteiger partial charge in [-0.25, -0.2) is 0 Å². The first-order chi connectivity index (χ1) is 9.59. The van der Waals surface area contributed by atoms with Gasteiger partial charge in [-0.3, -0.25) is 0 Å². The summed E-state index contributed by atoms with van der Waals surface area (Å²) in [6.07, 6.45) is 0. The molecule has 0 radical (unpaired) electrons. The molecule has 20 heavy (non-hydrogen) atoms. The molecule has 0 bridgehead atoms. The number of benzene rings is 1. The number of aliphatic hydroxyl groups is 1. The quantitative estimate of drug-likeness (QED) is 0.776. The molecule has 1 heterocycles. The first-order valence-corrected chi connectivity index (χ1v) is 6.34. The highest BCUT2D eigenvalue weighted by Gasteiger charge is 2.26. The van der Waals surface area contributed by atoms with Crippen molar-refractivity contribution in [1.29, 1.82) is 0 Å². The number of hydrogen-bond donors (Lipinski definition) is 3. The number of aliphatic hydroxyl groups excluding tert-OH is 1. The summed E-state index contributed by atoms with van der Waals surface area (Å²) in [7, 11) is 1.52. The van der Waals surface area contributed by atoms with Crippen molar-refractivity contribution in [3.8, 4) is 5.88 Å². The van der Waals surface area contributed by atoms with Gasteiger partial charge in [-0.15, -0.1) is 0 Å². The first-order valence-electron chi connectivity index (χ1n) is 6.34. The van der Waals surface area contributed by atoms with Crippen molar-refractivity contribution in [3.63, 3.8) is 0 Å². The number of aromatic nitrogens is 1. The van der Waals surface area contributed by atoms with Crippen LogP contribution in [0, 0.1) is 0 Å². The lowest BCUT2D eigenvalue weighted by Gasteiger charge is -2.30. The Labute approximate surface area is 118 Å². The van der Waals surface area contributed by atoms with E-state index in [9.17, 15) is 5.11 Å². The van der Waals surface area contributed by atoms with E-state index in [0.29, 0.717) is 17.4 Å². The fourth-order valence-corrected chi connectivity index (χ4v) is 1.98. The van der Waals surface area contributed by atoms with Gasteiger partial charge in [-0.05, 0) is 24.6 Å². The molecule has 0 aliphatic rings. The van der Waals surface area contributed by atoms with E-state index in [-0.39, 0.29) is 6.61 Å². The van der Waals surface area contributed by atoms with E-state index in [2.05, 4.69) is 10.3 Å². The van der Waals surface area contributed by atoms with E-state index in [0.717, 1.165) is 5.56 Å². The highest BCUT2D eigenvalue weighted by atomic mass is 16.5. The van der Waals surface area contributed by atoms with Crippen molar-refractivity contribution in [2.24, 2.45) is 0 Å². The molecule has 1 atom stereocenters. The topological polar surface area (TPSA) is 80.4 Å². The van der Waals surface area contributed by atoms with E-state index in [1.165, 1.54) is 7.11 Å². The number of nitrogen functional groups attached to an aromatic ring is 1. The fourth-order valence-electron chi connectivity index (χ4n) is 1.98. The predicted octanol–water partition coefficient (Wildman–Crippen LogP) is 1.99. The third-order valence-corrected chi connectivity index (χ3v) is 3.21. The van der Waals surface area contributed by atoms with Gasteiger partial charge in [0.05, 0.1) is 24.9 Å². The minimum atomic E-state index is -0.630. The number of anilines is 2. The lowest BCUT2D eigenvalue weighted by molar-refractivity contribution is 0.223. The number of nitrogens with two attached hydrogens (primary N) is 1. The number of nitrogens with zero attached hydrogens (tertiary/aromatic N) is 1. The van der Waals surface area contributed by atoms with Gasteiger partial charge >= 0.3 is 0 Å². The normalized spacial score (nSPS) is 13.6. The van der Waals surface area contributed by atoms with Crippen LogP contribution in [0.2, 0.25) is 0 Å². The molecule has 2 rings (SSSR count). The van der Waals surface area contributed by atoms with Crippen LogP contribution in [0.5, 0.6) is 5.88 Å². The molecule has 1 unspecified atom stereocenters. The number of hydrogen-bond acceptors (Lipinski definition) is 5. The molecular weight excluding hydrogens is 254 g/mol. The summed E-state index contributed by atoms with van der Waals surface area (Å²) in [5, 5.41) is 13.0. The molecule has 1 aromatic carbocycles. The van der Waals surface area contributed by atoms with Gasteiger partial charge in [0.2, 0.25) is 5.88 Å². The fraction of sp³-hybridized carbons (Fsp3) is 0.267. The SMILES string of the molecule is COc1nc(NC(C)(CO)c2ccccc2)ccc1N. The Balaban J connectivity index is 2.31. The van der Waals surface area contributed by atoms with Crippen LogP contribution < -0.4 is 15.8 Å². The van der Waals surface area contributed by atoms with Crippen molar-refractivity contribution in [3.05, 3.63) is 48.0 Å². The summed E-state index contributed by atoms with van der Waals surface area (Å²) < 4.78 is 5.10. The minimum absolute atomic E-state index is 0.0641. The maximum atomic E-state index is 9.73. The third kappa shape index (κ3) is 2.83. The van der Waals surface area contributed by atoms with Crippen molar-refractivity contribution in [2.45, 2.75) is 12.5 Å². The molecular formula is C15H19N3O2. The average molecular weight is 273 g/mol. The summed E-state index contributed by atoms with van der Waals surface area (Å²) in [6.45, 7) is 1.85. The summed E-state index contributed by atoms with van der Waals surface area (Å²) >= 11 is 0. The summed E-state index contributed by atoms with van der Waals surface area (Å²) in [5.74, 6) is 0.958. The average Bonchev–Trinajstić information content (AvgIpc) is 2.50. The lowest BCUT2D eigenvalue weighted by Crippen LogP contribution is -2.36.